The van der Waals surface area contributed by atoms with E-state index in [2.05, 4.69) is 46.4 Å². The summed E-state index contributed by atoms with van der Waals surface area (Å²) < 4.78 is 6.70. The second kappa shape index (κ2) is 5.94. The molecule has 1 aromatic carbocycles. The lowest BCUT2D eigenvalue weighted by atomic mass is 9.83. The molecule has 0 saturated carbocycles. The highest BCUT2D eigenvalue weighted by Crippen LogP contribution is 2.38. The van der Waals surface area contributed by atoms with Crippen LogP contribution in [0.15, 0.2) is 22.7 Å². The van der Waals surface area contributed by atoms with Gasteiger partial charge in [-0.25, -0.2) is 0 Å². The first-order chi connectivity index (χ1) is 9.25. The molecule has 2 saturated heterocycles. The molecule has 0 unspecified atom stereocenters. The molecule has 0 amide bonds. The van der Waals surface area contributed by atoms with E-state index in [1.54, 1.807) is 0 Å². The van der Waals surface area contributed by atoms with Crippen LogP contribution in [0, 0.1) is 5.92 Å². The molecule has 104 valence electrons. The van der Waals surface area contributed by atoms with Crippen LogP contribution in [0.2, 0.25) is 0 Å². The molecule has 3 rings (SSSR count). The molecule has 2 fully saturated rings. The molecule has 0 bridgehead atoms. The second-order valence-corrected chi connectivity index (χ2v) is 6.77. The van der Waals surface area contributed by atoms with Crippen molar-refractivity contribution in [2.75, 3.05) is 19.8 Å². The number of hydrogen-bond acceptors (Lipinski definition) is 2. The molecular weight excluding hydrogens is 302 g/mol. The zero-order chi connectivity index (χ0) is 13.2. The smallest absolute Gasteiger partial charge is 0.0471 e. The van der Waals surface area contributed by atoms with E-state index in [0.717, 1.165) is 38.5 Å². The van der Waals surface area contributed by atoms with Crippen LogP contribution in [-0.2, 0) is 4.74 Å². The summed E-state index contributed by atoms with van der Waals surface area (Å²) in [5, 5.41) is 3.68. The van der Waals surface area contributed by atoms with Crippen LogP contribution in [0.25, 0.3) is 0 Å². The summed E-state index contributed by atoms with van der Waals surface area (Å²) in [7, 11) is 0. The first-order valence-corrected chi connectivity index (χ1v) is 8.15. The van der Waals surface area contributed by atoms with E-state index in [4.69, 9.17) is 4.74 Å². The standard InChI is InChI=1S/C16H22BrNO/c1-11-4-7-18-16(11)15-10-13(17)2-3-14(15)12-5-8-19-9-6-12/h2-3,10-12,16,18H,4-9H2,1H3/t11-,16-/m1/s1. The minimum atomic E-state index is 0.523. The van der Waals surface area contributed by atoms with Crippen LogP contribution in [0.4, 0.5) is 0 Å². The van der Waals surface area contributed by atoms with E-state index < -0.39 is 0 Å². The lowest BCUT2D eigenvalue weighted by Crippen LogP contribution is -2.21. The van der Waals surface area contributed by atoms with E-state index in [0.29, 0.717) is 12.0 Å². The summed E-state index contributed by atoms with van der Waals surface area (Å²) in [5.41, 5.74) is 3.05. The number of rotatable bonds is 2. The van der Waals surface area contributed by atoms with Gasteiger partial charge in [-0.1, -0.05) is 28.9 Å². The minimum Gasteiger partial charge on any atom is -0.381 e. The van der Waals surface area contributed by atoms with Crippen LogP contribution in [0.3, 0.4) is 0 Å². The van der Waals surface area contributed by atoms with Crippen LogP contribution in [0.5, 0.6) is 0 Å². The zero-order valence-electron chi connectivity index (χ0n) is 11.5. The molecule has 0 aliphatic carbocycles. The Morgan fingerprint density at radius 2 is 1.95 bits per heavy atom. The first-order valence-electron chi connectivity index (χ1n) is 7.36. The monoisotopic (exact) mass is 323 g/mol. The quantitative estimate of drug-likeness (QED) is 0.887. The van der Waals surface area contributed by atoms with Gasteiger partial charge in [0.1, 0.15) is 0 Å². The fourth-order valence-corrected chi connectivity index (χ4v) is 3.82. The largest absolute Gasteiger partial charge is 0.381 e. The molecular formula is C16H22BrNO. The Balaban J connectivity index is 1.94. The van der Waals surface area contributed by atoms with E-state index in [1.807, 2.05) is 0 Å². The summed E-state index contributed by atoms with van der Waals surface area (Å²) in [6, 6.07) is 7.36. The van der Waals surface area contributed by atoms with E-state index in [9.17, 15) is 0 Å². The fourth-order valence-electron chi connectivity index (χ4n) is 3.45. The van der Waals surface area contributed by atoms with Gasteiger partial charge in [0, 0.05) is 23.7 Å². The van der Waals surface area contributed by atoms with Crippen molar-refractivity contribution < 1.29 is 4.74 Å². The molecule has 2 nitrogen and oxygen atoms in total. The predicted molar refractivity (Wildman–Crippen MR) is 81.5 cm³/mol. The van der Waals surface area contributed by atoms with Crippen molar-refractivity contribution in [1.29, 1.82) is 0 Å². The summed E-state index contributed by atoms with van der Waals surface area (Å²) in [5.74, 6) is 1.40. The Kier molecular flexibility index (Phi) is 4.25. The van der Waals surface area contributed by atoms with Gasteiger partial charge < -0.3 is 10.1 Å². The van der Waals surface area contributed by atoms with Crippen molar-refractivity contribution in [2.45, 2.75) is 38.1 Å². The molecule has 1 aromatic rings. The average Bonchev–Trinajstić information content (AvgIpc) is 2.86. The van der Waals surface area contributed by atoms with Gasteiger partial charge in [-0.2, -0.15) is 0 Å². The molecule has 3 heteroatoms. The molecule has 0 spiro atoms. The van der Waals surface area contributed by atoms with Gasteiger partial charge >= 0.3 is 0 Å². The highest BCUT2D eigenvalue weighted by Gasteiger charge is 2.29. The van der Waals surface area contributed by atoms with Crippen molar-refractivity contribution >= 4 is 15.9 Å². The number of hydrogen-bond donors (Lipinski definition) is 1. The Hall–Kier alpha value is -0.380. The van der Waals surface area contributed by atoms with Gasteiger partial charge in [0.25, 0.3) is 0 Å². The topological polar surface area (TPSA) is 21.3 Å². The van der Waals surface area contributed by atoms with Crippen molar-refractivity contribution in [3.05, 3.63) is 33.8 Å². The highest BCUT2D eigenvalue weighted by molar-refractivity contribution is 9.10. The van der Waals surface area contributed by atoms with Crippen molar-refractivity contribution in [3.63, 3.8) is 0 Å². The summed E-state index contributed by atoms with van der Waals surface area (Å²) >= 11 is 3.63. The fraction of sp³-hybridized carbons (Fsp3) is 0.625. The molecule has 2 aliphatic heterocycles. The van der Waals surface area contributed by atoms with Crippen LogP contribution >= 0.6 is 15.9 Å². The maximum absolute atomic E-state index is 5.51. The lowest BCUT2D eigenvalue weighted by Gasteiger charge is -2.28. The van der Waals surface area contributed by atoms with Gasteiger partial charge in [0.2, 0.25) is 0 Å². The maximum Gasteiger partial charge on any atom is 0.0471 e. The summed E-state index contributed by atoms with van der Waals surface area (Å²) in [6.45, 7) is 5.33. The first kappa shape index (κ1) is 13.6. The van der Waals surface area contributed by atoms with Gasteiger partial charge in [-0.3, -0.25) is 0 Å². The van der Waals surface area contributed by atoms with Crippen LogP contribution < -0.4 is 5.32 Å². The van der Waals surface area contributed by atoms with Gasteiger partial charge in [0.05, 0.1) is 0 Å². The third kappa shape index (κ3) is 2.88. The van der Waals surface area contributed by atoms with Crippen molar-refractivity contribution in [2.24, 2.45) is 5.92 Å². The van der Waals surface area contributed by atoms with E-state index in [1.165, 1.54) is 22.0 Å². The van der Waals surface area contributed by atoms with Gasteiger partial charge in [-0.05, 0) is 60.9 Å². The third-order valence-electron chi connectivity index (χ3n) is 4.58. The molecule has 2 aliphatic rings. The molecule has 2 atom stereocenters. The van der Waals surface area contributed by atoms with E-state index in [-0.39, 0.29) is 0 Å². The molecule has 1 N–H and O–H groups in total. The summed E-state index contributed by atoms with van der Waals surface area (Å²) in [4.78, 5) is 0. The Bertz CT molecular complexity index is 442. The number of halogens is 1. The molecule has 19 heavy (non-hydrogen) atoms. The molecule has 2 heterocycles. The SMILES string of the molecule is C[C@@H]1CCN[C@H]1c1cc(Br)ccc1C1CCOCC1. The van der Waals surface area contributed by atoms with Crippen LogP contribution in [0.1, 0.15) is 49.3 Å². The van der Waals surface area contributed by atoms with Gasteiger partial charge in [-0.15, -0.1) is 0 Å². The minimum absolute atomic E-state index is 0.523. The predicted octanol–water partition coefficient (Wildman–Crippen LogP) is 4.01. The Labute approximate surface area is 124 Å². The zero-order valence-corrected chi connectivity index (χ0v) is 13.1. The average molecular weight is 324 g/mol. The number of benzene rings is 1. The number of ether oxygens (including phenoxy) is 1. The Morgan fingerprint density at radius 1 is 1.16 bits per heavy atom. The highest BCUT2D eigenvalue weighted by atomic mass is 79.9. The summed E-state index contributed by atoms with van der Waals surface area (Å²) in [6.07, 6.45) is 3.61. The van der Waals surface area contributed by atoms with E-state index >= 15 is 0 Å². The molecule has 0 radical (unpaired) electrons. The van der Waals surface area contributed by atoms with Gasteiger partial charge in [0.15, 0.2) is 0 Å². The van der Waals surface area contributed by atoms with Crippen LogP contribution in [-0.4, -0.2) is 19.8 Å². The number of nitrogens with one attached hydrogen (secondary N) is 1. The maximum atomic E-state index is 5.51. The van der Waals surface area contributed by atoms with Crippen molar-refractivity contribution in [1.82, 2.24) is 5.32 Å². The second-order valence-electron chi connectivity index (χ2n) is 5.86. The molecule has 0 aromatic heterocycles. The normalized spacial score (nSPS) is 28.7. The Morgan fingerprint density at radius 3 is 2.63 bits per heavy atom. The lowest BCUT2D eigenvalue weighted by molar-refractivity contribution is 0.0850. The van der Waals surface area contributed by atoms with Crippen molar-refractivity contribution in [3.8, 4) is 0 Å². The third-order valence-corrected chi connectivity index (χ3v) is 5.07.